The summed E-state index contributed by atoms with van der Waals surface area (Å²) in [5.74, 6) is 0.128. The Labute approximate surface area is 232 Å². The summed E-state index contributed by atoms with van der Waals surface area (Å²) >= 11 is 0. The number of ether oxygens (including phenoxy) is 1. The summed E-state index contributed by atoms with van der Waals surface area (Å²) in [4.78, 5) is 27.0. The summed E-state index contributed by atoms with van der Waals surface area (Å²) < 4.78 is 5.39. The minimum atomic E-state index is -0.392. The lowest BCUT2D eigenvalue weighted by molar-refractivity contribution is 0.0945. The smallest absolute Gasteiger partial charge is 0.257 e. The number of hydrogen-bond donors (Lipinski definition) is 3. The number of hydrogen-bond acceptors (Lipinski definition) is 9. The van der Waals surface area contributed by atoms with Crippen LogP contribution in [0.2, 0.25) is 0 Å². The van der Waals surface area contributed by atoms with E-state index in [4.69, 9.17) is 15.3 Å². The molecule has 0 bridgehead atoms. The molecule has 10 nitrogen and oxygen atoms in total. The van der Waals surface area contributed by atoms with E-state index in [9.17, 15) is 4.79 Å². The topological polar surface area (TPSA) is 149 Å². The fourth-order valence-corrected chi connectivity index (χ4v) is 3.84. The van der Waals surface area contributed by atoms with Crippen molar-refractivity contribution in [2.75, 3.05) is 17.7 Å². The molecule has 0 fully saturated rings. The molecule has 4 aromatic rings. The zero-order chi connectivity index (χ0) is 28.3. The Morgan fingerprint density at radius 3 is 2.55 bits per heavy atom. The van der Waals surface area contributed by atoms with Crippen molar-refractivity contribution in [1.29, 1.82) is 10.5 Å². The summed E-state index contributed by atoms with van der Waals surface area (Å²) in [5.41, 5.74) is 4.98. The summed E-state index contributed by atoms with van der Waals surface area (Å²) in [6.07, 6.45) is 4.79. The summed E-state index contributed by atoms with van der Waals surface area (Å²) in [6.45, 7) is 2.19. The lowest BCUT2D eigenvalue weighted by atomic mass is 10.1. The fourth-order valence-electron chi connectivity index (χ4n) is 3.84. The third-order valence-corrected chi connectivity index (χ3v) is 5.77. The van der Waals surface area contributed by atoms with E-state index < -0.39 is 5.91 Å². The molecule has 0 aliphatic carbocycles. The van der Waals surface area contributed by atoms with Gasteiger partial charge in [0.05, 0.1) is 42.2 Å². The van der Waals surface area contributed by atoms with Crippen LogP contribution in [0.4, 0.5) is 23.1 Å². The lowest BCUT2D eigenvalue weighted by Crippen LogP contribution is -2.27. The minimum absolute atomic E-state index is 0.0580. The molecule has 0 spiro atoms. The average molecular weight is 531 g/mol. The molecule has 0 aliphatic rings. The molecule has 1 amide bonds. The van der Waals surface area contributed by atoms with E-state index in [2.05, 4.69) is 37.0 Å². The van der Waals surface area contributed by atoms with Gasteiger partial charge in [0.15, 0.2) is 0 Å². The number of nitrogens with one attached hydrogen (secondary N) is 3. The van der Waals surface area contributed by atoms with Crippen LogP contribution in [0.25, 0.3) is 6.08 Å². The highest BCUT2D eigenvalue weighted by Crippen LogP contribution is 2.28. The highest BCUT2D eigenvalue weighted by Gasteiger charge is 2.22. The molecule has 0 unspecified atom stereocenters. The lowest BCUT2D eigenvalue weighted by Gasteiger charge is -2.18. The summed E-state index contributed by atoms with van der Waals surface area (Å²) in [5, 5.41) is 27.3. The predicted molar refractivity (Wildman–Crippen MR) is 152 cm³/mol. The third kappa shape index (κ3) is 7.04. The van der Waals surface area contributed by atoms with E-state index in [1.165, 1.54) is 13.2 Å². The Morgan fingerprint density at radius 1 is 1.05 bits per heavy atom. The van der Waals surface area contributed by atoms with Crippen molar-refractivity contribution < 1.29 is 9.53 Å². The molecular formula is C30H26N8O2. The first kappa shape index (κ1) is 27.5. The van der Waals surface area contributed by atoms with Gasteiger partial charge in [0.25, 0.3) is 5.91 Å². The van der Waals surface area contributed by atoms with E-state index in [1.54, 1.807) is 42.6 Å². The molecule has 2 aromatic heterocycles. The van der Waals surface area contributed by atoms with E-state index in [0.717, 1.165) is 16.8 Å². The van der Waals surface area contributed by atoms with Crippen LogP contribution in [-0.2, 0) is 17.9 Å². The number of allylic oxidation sites excluding steroid dienone is 1. The molecule has 0 saturated heterocycles. The molecule has 0 atom stereocenters. The molecule has 2 aromatic carbocycles. The second-order valence-corrected chi connectivity index (χ2v) is 8.63. The maximum Gasteiger partial charge on any atom is 0.257 e. The molecule has 0 radical (unpaired) electrons. The van der Waals surface area contributed by atoms with Gasteiger partial charge in [-0.25, -0.2) is 4.98 Å². The third-order valence-electron chi connectivity index (χ3n) is 5.77. The number of pyridine rings is 1. The molecule has 0 saturated carbocycles. The van der Waals surface area contributed by atoms with Gasteiger partial charge >= 0.3 is 0 Å². The van der Waals surface area contributed by atoms with Crippen molar-refractivity contribution >= 4 is 35.1 Å². The molecule has 3 N–H and O–H groups in total. The monoisotopic (exact) mass is 530 g/mol. The number of benzene rings is 2. The van der Waals surface area contributed by atoms with Gasteiger partial charge in [0.2, 0.25) is 5.95 Å². The van der Waals surface area contributed by atoms with Crippen LogP contribution in [0.15, 0.2) is 72.9 Å². The van der Waals surface area contributed by atoms with Crippen LogP contribution >= 0.6 is 0 Å². The van der Waals surface area contributed by atoms with Gasteiger partial charge < -0.3 is 20.7 Å². The van der Waals surface area contributed by atoms with Crippen molar-refractivity contribution in [3.05, 3.63) is 107 Å². The molecule has 2 heterocycles. The Hall–Kier alpha value is -5.58. The first-order chi connectivity index (χ1) is 19.5. The molecular weight excluding hydrogens is 504 g/mol. The molecule has 0 aliphatic heterocycles. The van der Waals surface area contributed by atoms with Gasteiger partial charge in [-0.15, -0.1) is 0 Å². The van der Waals surface area contributed by atoms with Crippen molar-refractivity contribution in [3.8, 4) is 12.1 Å². The highest BCUT2D eigenvalue weighted by atomic mass is 16.5. The number of carbonyl (C=O) groups is 1. The van der Waals surface area contributed by atoms with Crippen LogP contribution in [-0.4, -0.2) is 28.0 Å². The number of amides is 1. The Bertz CT molecular complexity index is 1600. The largest absolute Gasteiger partial charge is 0.378 e. The number of methoxy groups -OCH3 is 1. The second-order valence-electron chi connectivity index (χ2n) is 8.63. The van der Waals surface area contributed by atoms with Crippen LogP contribution in [0, 0.1) is 29.6 Å². The normalized spacial score (nSPS) is 10.5. The highest BCUT2D eigenvalue weighted by molar-refractivity contribution is 6.00. The molecule has 10 heteroatoms. The average Bonchev–Trinajstić information content (AvgIpc) is 2.97. The van der Waals surface area contributed by atoms with Crippen molar-refractivity contribution in [2.24, 2.45) is 0 Å². The number of anilines is 4. The van der Waals surface area contributed by atoms with Gasteiger partial charge in [-0.1, -0.05) is 12.1 Å². The molecule has 40 heavy (non-hydrogen) atoms. The minimum Gasteiger partial charge on any atom is -0.378 e. The van der Waals surface area contributed by atoms with E-state index in [1.807, 2.05) is 43.3 Å². The van der Waals surface area contributed by atoms with Gasteiger partial charge in [0.1, 0.15) is 11.4 Å². The zero-order valence-electron chi connectivity index (χ0n) is 22.0. The van der Waals surface area contributed by atoms with Crippen LogP contribution in [0.1, 0.15) is 38.4 Å². The Kier molecular flexibility index (Phi) is 9.12. The van der Waals surface area contributed by atoms with Gasteiger partial charge in [-0.05, 0) is 72.7 Å². The number of aromatic nitrogens is 3. The zero-order valence-corrected chi connectivity index (χ0v) is 22.0. The van der Waals surface area contributed by atoms with Crippen LogP contribution in [0.3, 0.4) is 0 Å². The predicted octanol–water partition coefficient (Wildman–Crippen LogP) is 5.15. The first-order valence-corrected chi connectivity index (χ1v) is 12.3. The SMILES string of the molecule is COCc1nc(Nc2ccc(C#N)cc2)nc(Nc2ccc(/C=C/C#N)cc2C)c1C(=O)NCc1ccccn1. The maximum atomic E-state index is 13.5. The van der Waals surface area contributed by atoms with Crippen molar-refractivity contribution in [2.45, 2.75) is 20.1 Å². The fraction of sp³-hybridized carbons (Fsp3) is 0.133. The standard InChI is InChI=1S/C30H26N8O2/c1-20-16-21(6-5-14-31)10-13-25(20)36-28-27(29(39)34-18-24-7-3-4-15-33-24)26(19-40-2)37-30(38-28)35-23-11-8-22(17-32)9-12-23/h3-13,15-16H,18-19H2,1-2H3,(H,34,39)(H2,35,36,37,38)/b6-5+. The van der Waals surface area contributed by atoms with Gasteiger partial charge in [-0.2, -0.15) is 15.5 Å². The number of carbonyl (C=O) groups excluding carboxylic acids is 1. The Morgan fingerprint density at radius 2 is 1.88 bits per heavy atom. The number of aryl methyl sites for hydroxylation is 1. The maximum absolute atomic E-state index is 13.5. The van der Waals surface area contributed by atoms with Crippen molar-refractivity contribution in [3.63, 3.8) is 0 Å². The summed E-state index contributed by atoms with van der Waals surface area (Å²) in [7, 11) is 1.52. The molecule has 4 rings (SSSR count). The van der Waals surface area contributed by atoms with Crippen molar-refractivity contribution in [1.82, 2.24) is 20.3 Å². The van der Waals surface area contributed by atoms with Crippen LogP contribution in [0.5, 0.6) is 0 Å². The van der Waals surface area contributed by atoms with Gasteiger partial charge in [-0.3, -0.25) is 9.78 Å². The van der Waals surface area contributed by atoms with E-state index >= 15 is 0 Å². The number of nitrogens with zero attached hydrogens (tertiary/aromatic N) is 5. The number of rotatable bonds is 10. The van der Waals surface area contributed by atoms with E-state index in [-0.39, 0.29) is 30.5 Å². The van der Waals surface area contributed by atoms with E-state index in [0.29, 0.717) is 22.6 Å². The number of nitriles is 2. The quantitative estimate of drug-likeness (QED) is 0.237. The first-order valence-electron chi connectivity index (χ1n) is 12.3. The van der Waals surface area contributed by atoms with Gasteiger partial charge in [0, 0.05) is 30.8 Å². The Balaban J connectivity index is 1.73. The van der Waals surface area contributed by atoms with Crippen LogP contribution < -0.4 is 16.0 Å². The second kappa shape index (κ2) is 13.3. The summed E-state index contributed by atoms with van der Waals surface area (Å²) in [6, 6.07) is 22.0. The molecule has 198 valence electrons.